The number of aromatic nitrogens is 2. The van der Waals surface area contributed by atoms with E-state index in [1.54, 1.807) is 6.07 Å². The minimum Gasteiger partial charge on any atom is -0.382 e. The van der Waals surface area contributed by atoms with Crippen molar-refractivity contribution in [3.05, 3.63) is 78.2 Å². The molecular formula is C19H12Cl2N6O5. The maximum absolute atomic E-state index is 12.7. The SMILES string of the molecule is N#CCC(=O)NN=C(c1nc2ccc([N+](=O)[O-])cc2[nH]c1=O)C(O)c1ccc(Cl)c(Cl)c1. The molecule has 13 heteroatoms. The number of nitrogens with zero attached hydrogens (tertiary/aromatic N) is 4. The molecule has 0 bridgehead atoms. The molecule has 3 aromatic rings. The number of H-pyrrole nitrogens is 1. The maximum atomic E-state index is 12.7. The van der Waals surface area contributed by atoms with E-state index in [0.29, 0.717) is 0 Å². The van der Waals surface area contributed by atoms with Gasteiger partial charge in [-0.3, -0.25) is 19.7 Å². The van der Waals surface area contributed by atoms with Gasteiger partial charge < -0.3 is 10.1 Å². The number of fused-ring (bicyclic) bond motifs is 1. The summed E-state index contributed by atoms with van der Waals surface area (Å²) in [5, 5.41) is 34.6. The predicted molar refractivity (Wildman–Crippen MR) is 115 cm³/mol. The third kappa shape index (κ3) is 4.89. The summed E-state index contributed by atoms with van der Waals surface area (Å²) < 4.78 is 0. The normalized spacial score (nSPS) is 12.2. The summed E-state index contributed by atoms with van der Waals surface area (Å²) in [5.74, 6) is -0.779. The van der Waals surface area contributed by atoms with Gasteiger partial charge in [0.2, 0.25) is 0 Å². The summed E-state index contributed by atoms with van der Waals surface area (Å²) in [5.41, 5.74) is 0.741. The molecule has 0 aliphatic heterocycles. The van der Waals surface area contributed by atoms with Crippen LogP contribution in [0.1, 0.15) is 23.8 Å². The molecule has 162 valence electrons. The topological polar surface area (TPSA) is 174 Å². The molecule has 0 radical (unpaired) electrons. The number of hydrogen-bond acceptors (Lipinski definition) is 8. The second-order valence-electron chi connectivity index (χ2n) is 6.32. The van der Waals surface area contributed by atoms with Crippen LogP contribution in [0.3, 0.4) is 0 Å². The zero-order chi connectivity index (χ0) is 23.4. The van der Waals surface area contributed by atoms with Crippen LogP contribution in [0.25, 0.3) is 11.0 Å². The number of aromatic amines is 1. The van der Waals surface area contributed by atoms with Crippen LogP contribution in [0.5, 0.6) is 0 Å². The Morgan fingerprint density at radius 2 is 2.06 bits per heavy atom. The Bertz CT molecular complexity index is 1360. The summed E-state index contributed by atoms with van der Waals surface area (Å²) in [6, 6.07) is 9.48. The Hall–Kier alpha value is -3.85. The molecule has 0 fully saturated rings. The Kier molecular flexibility index (Phi) is 6.79. The summed E-state index contributed by atoms with van der Waals surface area (Å²) in [6.07, 6.45) is -2.08. The molecule has 0 aliphatic carbocycles. The van der Waals surface area contributed by atoms with Gasteiger partial charge in [0.15, 0.2) is 5.69 Å². The van der Waals surface area contributed by atoms with Crippen LogP contribution in [0.15, 0.2) is 46.3 Å². The van der Waals surface area contributed by atoms with E-state index in [1.807, 2.05) is 0 Å². The van der Waals surface area contributed by atoms with Crippen LogP contribution >= 0.6 is 23.2 Å². The molecule has 0 aliphatic rings. The first-order valence-corrected chi connectivity index (χ1v) is 9.52. The van der Waals surface area contributed by atoms with Crippen molar-refractivity contribution in [2.75, 3.05) is 0 Å². The first kappa shape index (κ1) is 22.8. The van der Waals surface area contributed by atoms with E-state index in [-0.39, 0.29) is 43.7 Å². The number of aliphatic hydroxyl groups is 1. The molecule has 11 nitrogen and oxygen atoms in total. The molecular weight excluding hydrogens is 463 g/mol. The van der Waals surface area contributed by atoms with Gasteiger partial charge in [-0.1, -0.05) is 29.3 Å². The molecule has 32 heavy (non-hydrogen) atoms. The van der Waals surface area contributed by atoms with Gasteiger partial charge in [0.05, 0.1) is 32.1 Å². The minimum atomic E-state index is -1.57. The molecule has 2 aromatic carbocycles. The number of carbonyl (C=O) groups is 1. The summed E-state index contributed by atoms with van der Waals surface area (Å²) in [7, 11) is 0. The van der Waals surface area contributed by atoms with Gasteiger partial charge in [0.25, 0.3) is 17.2 Å². The highest BCUT2D eigenvalue weighted by molar-refractivity contribution is 6.42. The van der Waals surface area contributed by atoms with Gasteiger partial charge in [0, 0.05) is 12.1 Å². The van der Waals surface area contributed by atoms with E-state index in [9.17, 15) is 24.8 Å². The number of rotatable bonds is 6. The fraction of sp³-hybridized carbons (Fsp3) is 0.105. The van der Waals surface area contributed by atoms with E-state index in [4.69, 9.17) is 28.5 Å². The number of nitro benzene ring substituents is 1. The number of non-ortho nitro benzene ring substituents is 1. The Morgan fingerprint density at radius 3 is 2.72 bits per heavy atom. The van der Waals surface area contributed by atoms with Crippen molar-refractivity contribution in [1.29, 1.82) is 5.26 Å². The third-order valence-electron chi connectivity index (χ3n) is 4.19. The number of amides is 1. The van der Waals surface area contributed by atoms with E-state index in [0.717, 1.165) is 6.07 Å². The average molecular weight is 475 g/mol. The van der Waals surface area contributed by atoms with Gasteiger partial charge in [-0.15, -0.1) is 0 Å². The zero-order valence-corrected chi connectivity index (χ0v) is 17.4. The standard InChI is InChI=1S/C19H12Cl2N6O5/c20-11-3-1-9(7-12(11)21)18(29)16(26-25-15(28)5-6-22)17-19(30)24-14-8-10(27(31)32)2-4-13(14)23-17/h1-4,7-8,18,29H,5H2,(H,24,30)(H,25,28). The van der Waals surface area contributed by atoms with E-state index in [2.05, 4.69) is 20.5 Å². The van der Waals surface area contributed by atoms with Crippen LogP contribution in [-0.4, -0.2) is 31.6 Å². The van der Waals surface area contributed by atoms with Gasteiger partial charge in [-0.25, -0.2) is 10.4 Å². The first-order chi connectivity index (χ1) is 15.2. The zero-order valence-electron chi connectivity index (χ0n) is 15.9. The number of hydrazone groups is 1. The molecule has 0 spiro atoms. The number of nitriles is 1. The highest BCUT2D eigenvalue weighted by Crippen LogP contribution is 2.27. The molecule has 3 N–H and O–H groups in total. The van der Waals surface area contributed by atoms with Crippen LogP contribution < -0.4 is 11.0 Å². The minimum absolute atomic E-state index is 0.0878. The lowest BCUT2D eigenvalue weighted by Gasteiger charge is -2.14. The lowest BCUT2D eigenvalue weighted by Crippen LogP contribution is -2.29. The summed E-state index contributed by atoms with van der Waals surface area (Å²) in [4.78, 5) is 41.3. The fourth-order valence-corrected chi connectivity index (χ4v) is 2.99. The number of hydrogen-bond donors (Lipinski definition) is 3. The molecule has 0 saturated carbocycles. The first-order valence-electron chi connectivity index (χ1n) is 8.76. The van der Waals surface area contributed by atoms with E-state index in [1.165, 1.54) is 30.3 Å². The fourth-order valence-electron chi connectivity index (χ4n) is 2.68. The number of nitro groups is 1. The van der Waals surface area contributed by atoms with Crippen molar-refractivity contribution in [3.63, 3.8) is 0 Å². The molecule has 1 heterocycles. The molecule has 0 saturated heterocycles. The van der Waals surface area contributed by atoms with Gasteiger partial charge in [-0.2, -0.15) is 10.4 Å². The van der Waals surface area contributed by atoms with E-state index >= 15 is 0 Å². The van der Waals surface area contributed by atoms with E-state index < -0.39 is 28.9 Å². The number of benzene rings is 2. The van der Waals surface area contributed by atoms with Crippen LogP contribution in [0.4, 0.5) is 5.69 Å². The molecule has 3 rings (SSSR count). The second-order valence-corrected chi connectivity index (χ2v) is 7.13. The Balaban J connectivity index is 2.14. The van der Waals surface area contributed by atoms with Crippen molar-refractivity contribution in [2.24, 2.45) is 5.10 Å². The molecule has 1 aromatic heterocycles. The molecule has 1 amide bonds. The Morgan fingerprint density at radius 1 is 1.31 bits per heavy atom. The summed E-state index contributed by atoms with van der Waals surface area (Å²) in [6.45, 7) is 0. The van der Waals surface area contributed by atoms with Crippen molar-refractivity contribution in [2.45, 2.75) is 12.5 Å². The Labute approximate surface area is 189 Å². The number of aliphatic hydroxyl groups excluding tert-OH is 1. The van der Waals surface area contributed by atoms with Crippen LogP contribution in [0, 0.1) is 21.4 Å². The lowest BCUT2D eigenvalue weighted by molar-refractivity contribution is -0.384. The van der Waals surface area contributed by atoms with Gasteiger partial charge >= 0.3 is 0 Å². The number of carbonyl (C=O) groups excluding carboxylic acids is 1. The highest BCUT2D eigenvalue weighted by atomic mass is 35.5. The second kappa shape index (κ2) is 9.52. The monoisotopic (exact) mass is 474 g/mol. The van der Waals surface area contributed by atoms with Crippen molar-refractivity contribution in [3.8, 4) is 6.07 Å². The van der Waals surface area contributed by atoms with Gasteiger partial charge in [-0.05, 0) is 23.8 Å². The van der Waals surface area contributed by atoms with Crippen molar-refractivity contribution in [1.82, 2.24) is 15.4 Å². The lowest BCUT2D eigenvalue weighted by atomic mass is 10.0. The quantitative estimate of drug-likeness (QED) is 0.279. The van der Waals surface area contributed by atoms with Crippen molar-refractivity contribution >= 4 is 51.5 Å². The largest absolute Gasteiger partial charge is 0.382 e. The van der Waals surface area contributed by atoms with Crippen LogP contribution in [0.2, 0.25) is 10.0 Å². The number of nitrogens with one attached hydrogen (secondary N) is 2. The molecule has 1 unspecified atom stereocenters. The van der Waals surface area contributed by atoms with Crippen LogP contribution in [-0.2, 0) is 4.79 Å². The van der Waals surface area contributed by atoms with Crippen molar-refractivity contribution < 1.29 is 14.8 Å². The summed E-state index contributed by atoms with van der Waals surface area (Å²) >= 11 is 11.9. The molecule has 1 atom stereocenters. The predicted octanol–water partition coefficient (Wildman–Crippen LogP) is 2.61. The third-order valence-corrected chi connectivity index (χ3v) is 4.93. The maximum Gasteiger partial charge on any atom is 0.276 e. The average Bonchev–Trinajstić information content (AvgIpc) is 2.75. The number of halogens is 2. The van der Waals surface area contributed by atoms with Gasteiger partial charge in [0.1, 0.15) is 18.2 Å². The smallest absolute Gasteiger partial charge is 0.276 e. The highest BCUT2D eigenvalue weighted by Gasteiger charge is 2.24.